The number of carbonyl (C=O) groups is 2. The molecule has 7 rings (SSSR count). The SMILES string of the molecule is C[C@H]1CN(C(=O)Cn2ccn3c(=O)c(OCc4ccccc4)c(-c4ncc(Cc5ccc(F)cc5C(=O)CC5CC5)s4)nc23)C[C@H](C)O1. The molecule has 248 valence electrons. The lowest BCUT2D eigenvalue weighted by Crippen LogP contribution is -2.49. The largest absolute Gasteiger partial charge is 0.481 e. The molecule has 12 heteroatoms. The summed E-state index contributed by atoms with van der Waals surface area (Å²) in [6, 6.07) is 13.9. The van der Waals surface area contributed by atoms with E-state index in [1.165, 1.54) is 27.9 Å². The van der Waals surface area contributed by atoms with Crippen molar-refractivity contribution in [2.45, 2.75) is 64.9 Å². The molecule has 0 N–H and O–H groups in total. The van der Waals surface area contributed by atoms with Gasteiger partial charge in [-0.15, -0.1) is 11.3 Å². The predicted octanol–water partition coefficient (Wildman–Crippen LogP) is 5.55. The molecule has 2 atom stereocenters. The standard InChI is InChI=1S/C36H36FN5O5S/c1-22-18-41(19-23(2)47-22)31(44)20-40-12-13-42-35(45)33(46-21-25-6-4-3-5-7-25)32(39-36(40)42)34-38-17-28(48-34)15-26-10-11-27(37)16-29(26)30(43)14-24-8-9-24/h3-7,10-13,16-17,22-24H,8-9,14-15,18-21H2,1-2H3/t22-,23-/m0/s1. The number of morpholine rings is 1. The number of halogens is 1. The summed E-state index contributed by atoms with van der Waals surface area (Å²) < 4.78 is 29.2. The van der Waals surface area contributed by atoms with Crippen LogP contribution in [0, 0.1) is 11.7 Å². The van der Waals surface area contributed by atoms with Crippen molar-refractivity contribution in [1.29, 1.82) is 0 Å². The molecule has 2 fully saturated rings. The van der Waals surface area contributed by atoms with E-state index in [1.807, 2.05) is 44.2 Å². The molecule has 1 amide bonds. The number of carbonyl (C=O) groups excluding carboxylic acids is 2. The van der Waals surface area contributed by atoms with Crippen LogP contribution in [-0.4, -0.2) is 60.8 Å². The monoisotopic (exact) mass is 669 g/mol. The third-order valence-electron chi connectivity index (χ3n) is 8.68. The number of ketones is 1. The van der Waals surface area contributed by atoms with E-state index >= 15 is 0 Å². The van der Waals surface area contributed by atoms with Gasteiger partial charge in [0, 0.05) is 55.0 Å². The van der Waals surface area contributed by atoms with Crippen molar-refractivity contribution < 1.29 is 23.5 Å². The lowest BCUT2D eigenvalue weighted by Gasteiger charge is -2.35. The van der Waals surface area contributed by atoms with Gasteiger partial charge in [0.2, 0.25) is 17.4 Å². The normalized spacial score (nSPS) is 17.9. The molecule has 10 nitrogen and oxygen atoms in total. The van der Waals surface area contributed by atoms with Crippen LogP contribution in [0.3, 0.4) is 0 Å². The Morgan fingerprint density at radius 2 is 1.83 bits per heavy atom. The molecule has 1 aliphatic heterocycles. The molecule has 1 saturated heterocycles. The molecular weight excluding hydrogens is 633 g/mol. The zero-order valence-corrected chi connectivity index (χ0v) is 27.6. The highest BCUT2D eigenvalue weighted by Crippen LogP contribution is 2.35. The Hall–Kier alpha value is -4.68. The molecule has 2 aromatic carbocycles. The van der Waals surface area contributed by atoms with Gasteiger partial charge in [0.15, 0.2) is 11.5 Å². The van der Waals surface area contributed by atoms with Crippen molar-refractivity contribution in [3.05, 3.63) is 105 Å². The van der Waals surface area contributed by atoms with Crippen LogP contribution in [0.25, 0.3) is 16.5 Å². The molecule has 2 aliphatic rings. The van der Waals surface area contributed by atoms with Crippen LogP contribution in [0.5, 0.6) is 5.75 Å². The molecule has 0 unspecified atom stereocenters. The summed E-state index contributed by atoms with van der Waals surface area (Å²) in [5, 5.41) is 0.454. The summed E-state index contributed by atoms with van der Waals surface area (Å²) in [6.45, 7) is 5.00. The van der Waals surface area contributed by atoms with Gasteiger partial charge in [0.05, 0.1) is 12.2 Å². The first-order valence-corrected chi connectivity index (χ1v) is 17.0. The molecule has 0 bridgehead atoms. The van der Waals surface area contributed by atoms with Gasteiger partial charge in [-0.25, -0.2) is 18.8 Å². The molecular formula is C36H36FN5O5S. The summed E-state index contributed by atoms with van der Waals surface area (Å²) in [5.74, 6) is 0.115. The molecule has 4 heterocycles. The van der Waals surface area contributed by atoms with Crippen LogP contribution in [0.1, 0.15) is 59.5 Å². The van der Waals surface area contributed by atoms with Gasteiger partial charge in [-0.05, 0) is 55.9 Å². The zero-order valence-electron chi connectivity index (χ0n) is 26.8. The average Bonchev–Trinajstić information content (AvgIpc) is 3.60. The number of ether oxygens (including phenoxy) is 2. The van der Waals surface area contributed by atoms with Crippen LogP contribution in [0.4, 0.5) is 4.39 Å². The van der Waals surface area contributed by atoms with Gasteiger partial charge in [-0.1, -0.05) is 36.4 Å². The lowest BCUT2D eigenvalue weighted by molar-refractivity contribution is -0.143. The first-order chi connectivity index (χ1) is 23.2. The van der Waals surface area contributed by atoms with Crippen molar-refractivity contribution in [3.8, 4) is 16.5 Å². The maximum absolute atomic E-state index is 14.2. The van der Waals surface area contributed by atoms with Gasteiger partial charge < -0.3 is 18.9 Å². The Labute approximate surface area is 280 Å². The summed E-state index contributed by atoms with van der Waals surface area (Å²) >= 11 is 1.33. The van der Waals surface area contributed by atoms with E-state index in [0.717, 1.165) is 28.8 Å². The van der Waals surface area contributed by atoms with Crippen molar-refractivity contribution >= 4 is 28.8 Å². The van der Waals surface area contributed by atoms with Gasteiger partial charge in [-0.3, -0.25) is 14.4 Å². The Morgan fingerprint density at radius 3 is 2.58 bits per heavy atom. The van der Waals surface area contributed by atoms with E-state index in [9.17, 15) is 18.8 Å². The van der Waals surface area contributed by atoms with Crippen molar-refractivity contribution in [2.75, 3.05) is 13.1 Å². The fourth-order valence-electron chi connectivity index (χ4n) is 6.16. The first kappa shape index (κ1) is 31.9. The second-order valence-electron chi connectivity index (χ2n) is 12.7. The fourth-order valence-corrected chi connectivity index (χ4v) is 7.08. The van der Waals surface area contributed by atoms with E-state index < -0.39 is 11.4 Å². The minimum absolute atomic E-state index is 0.00259. The third-order valence-corrected chi connectivity index (χ3v) is 9.68. The number of Topliss-reactive ketones (excluding diaryl/α,β-unsaturated/α-hetero) is 1. The minimum Gasteiger partial charge on any atom is -0.481 e. The summed E-state index contributed by atoms with van der Waals surface area (Å²) in [5.41, 5.74) is 1.84. The van der Waals surface area contributed by atoms with Gasteiger partial charge >= 0.3 is 5.56 Å². The van der Waals surface area contributed by atoms with Gasteiger partial charge in [0.25, 0.3) is 0 Å². The number of hydrogen-bond acceptors (Lipinski definition) is 8. The quantitative estimate of drug-likeness (QED) is 0.170. The molecule has 5 aromatic rings. The summed E-state index contributed by atoms with van der Waals surface area (Å²) in [7, 11) is 0. The van der Waals surface area contributed by atoms with Gasteiger partial charge in [-0.2, -0.15) is 0 Å². The molecule has 48 heavy (non-hydrogen) atoms. The van der Waals surface area contributed by atoms with Crippen molar-refractivity contribution in [1.82, 2.24) is 23.8 Å². The van der Waals surface area contributed by atoms with Gasteiger partial charge in [0.1, 0.15) is 24.0 Å². The van der Waals surface area contributed by atoms with E-state index in [4.69, 9.17) is 14.5 Å². The highest BCUT2D eigenvalue weighted by molar-refractivity contribution is 7.15. The fraction of sp³-hybridized carbons (Fsp3) is 0.361. The third kappa shape index (κ3) is 6.95. The van der Waals surface area contributed by atoms with Crippen LogP contribution >= 0.6 is 11.3 Å². The molecule has 0 spiro atoms. The Bertz CT molecular complexity index is 2030. The van der Waals surface area contributed by atoms with Crippen LogP contribution in [0.2, 0.25) is 0 Å². The number of hydrogen-bond donors (Lipinski definition) is 0. The van der Waals surface area contributed by atoms with Crippen LogP contribution < -0.4 is 10.3 Å². The van der Waals surface area contributed by atoms with Crippen LogP contribution in [-0.2, 0) is 29.1 Å². The van der Waals surface area contributed by atoms with E-state index in [0.29, 0.717) is 42.4 Å². The second kappa shape index (κ2) is 13.4. The van der Waals surface area contributed by atoms with Crippen LogP contribution in [0.15, 0.2) is 71.9 Å². The first-order valence-electron chi connectivity index (χ1n) is 16.2. The number of thiazole rings is 1. The number of rotatable bonds is 11. The highest BCUT2D eigenvalue weighted by atomic mass is 32.1. The van der Waals surface area contributed by atoms with E-state index in [2.05, 4.69) is 4.98 Å². The lowest BCUT2D eigenvalue weighted by atomic mass is 9.97. The predicted molar refractivity (Wildman–Crippen MR) is 179 cm³/mol. The maximum atomic E-state index is 14.2. The number of fused-ring (bicyclic) bond motifs is 1. The number of nitrogens with zero attached hydrogens (tertiary/aromatic N) is 5. The number of imidazole rings is 1. The Morgan fingerprint density at radius 1 is 1.06 bits per heavy atom. The smallest absolute Gasteiger partial charge is 0.302 e. The number of aromatic nitrogens is 4. The Balaban J connectivity index is 1.22. The number of amides is 1. The van der Waals surface area contributed by atoms with E-state index in [1.54, 1.807) is 34.1 Å². The maximum Gasteiger partial charge on any atom is 0.302 e. The Kier molecular flexibility index (Phi) is 8.93. The number of benzene rings is 2. The second-order valence-corrected chi connectivity index (χ2v) is 13.8. The zero-order chi connectivity index (χ0) is 33.4. The summed E-state index contributed by atoms with van der Waals surface area (Å²) in [6.07, 6.45) is 7.65. The molecule has 0 radical (unpaired) electrons. The summed E-state index contributed by atoms with van der Waals surface area (Å²) in [4.78, 5) is 52.4. The molecule has 3 aromatic heterocycles. The van der Waals surface area contributed by atoms with E-state index in [-0.39, 0.29) is 54.3 Å². The highest BCUT2D eigenvalue weighted by Gasteiger charge is 2.28. The van der Waals surface area contributed by atoms with Crippen molar-refractivity contribution in [3.63, 3.8) is 0 Å². The molecule has 1 aliphatic carbocycles. The topological polar surface area (TPSA) is 108 Å². The van der Waals surface area contributed by atoms with Crippen molar-refractivity contribution in [2.24, 2.45) is 5.92 Å². The average molecular weight is 670 g/mol. The minimum atomic E-state index is -0.444. The molecule has 1 saturated carbocycles.